The van der Waals surface area contributed by atoms with E-state index in [0.29, 0.717) is 12.2 Å². The molecule has 0 spiro atoms. The van der Waals surface area contributed by atoms with Gasteiger partial charge in [-0.15, -0.1) is 0 Å². The van der Waals surface area contributed by atoms with Crippen LogP contribution >= 0.6 is 0 Å². The summed E-state index contributed by atoms with van der Waals surface area (Å²) < 4.78 is 10.2. The molecule has 0 aliphatic carbocycles. The van der Waals surface area contributed by atoms with E-state index in [-0.39, 0.29) is 17.2 Å². The molecule has 6 heteroatoms. The molecule has 94 valence electrons. The van der Waals surface area contributed by atoms with Gasteiger partial charge in [-0.2, -0.15) is 0 Å². The van der Waals surface area contributed by atoms with Crippen LogP contribution in [0.1, 0.15) is 25.5 Å². The van der Waals surface area contributed by atoms with Crippen LogP contribution in [0.5, 0.6) is 11.5 Å². The standard InChI is InChI=1S/C11H15NO5/c1-4-17-11-9(12(14)15)5-8(7(2)13)6-10(11)16-3/h5-7,13H,4H2,1-3H3. The summed E-state index contributed by atoms with van der Waals surface area (Å²) in [5.41, 5.74) is 0.208. The molecule has 1 aromatic rings. The van der Waals surface area contributed by atoms with Crippen molar-refractivity contribution in [2.24, 2.45) is 0 Å². The van der Waals surface area contributed by atoms with Gasteiger partial charge in [0.25, 0.3) is 0 Å². The molecular formula is C11H15NO5. The van der Waals surface area contributed by atoms with Crippen LogP contribution in [0.4, 0.5) is 5.69 Å². The van der Waals surface area contributed by atoms with Gasteiger partial charge in [0.2, 0.25) is 5.75 Å². The van der Waals surface area contributed by atoms with E-state index in [1.165, 1.54) is 26.2 Å². The molecule has 0 amide bonds. The summed E-state index contributed by atoms with van der Waals surface area (Å²) in [5, 5.41) is 20.4. The third kappa shape index (κ3) is 2.85. The van der Waals surface area contributed by atoms with Crippen LogP contribution in [0.25, 0.3) is 0 Å². The first-order chi connectivity index (χ1) is 8.01. The number of nitrogens with zero attached hydrogens (tertiary/aromatic N) is 1. The van der Waals surface area contributed by atoms with Gasteiger partial charge in [-0.3, -0.25) is 10.1 Å². The third-order valence-corrected chi connectivity index (χ3v) is 2.25. The van der Waals surface area contributed by atoms with E-state index in [0.717, 1.165) is 0 Å². The second kappa shape index (κ2) is 5.49. The Labute approximate surface area is 98.9 Å². The zero-order valence-corrected chi connectivity index (χ0v) is 9.97. The van der Waals surface area contributed by atoms with Gasteiger partial charge in [-0.1, -0.05) is 0 Å². The average Bonchev–Trinajstić information content (AvgIpc) is 2.28. The summed E-state index contributed by atoms with van der Waals surface area (Å²) in [7, 11) is 1.40. The zero-order valence-electron chi connectivity index (χ0n) is 9.97. The van der Waals surface area contributed by atoms with Gasteiger partial charge in [0, 0.05) is 6.07 Å². The number of aliphatic hydroxyl groups is 1. The van der Waals surface area contributed by atoms with Gasteiger partial charge in [-0.05, 0) is 25.5 Å². The van der Waals surface area contributed by atoms with Crippen molar-refractivity contribution in [2.45, 2.75) is 20.0 Å². The van der Waals surface area contributed by atoms with Gasteiger partial charge < -0.3 is 14.6 Å². The number of rotatable bonds is 5. The quantitative estimate of drug-likeness (QED) is 0.630. The topological polar surface area (TPSA) is 81.8 Å². The van der Waals surface area contributed by atoms with E-state index >= 15 is 0 Å². The summed E-state index contributed by atoms with van der Waals surface area (Å²) in [6.45, 7) is 3.55. The second-order valence-electron chi connectivity index (χ2n) is 3.44. The van der Waals surface area contributed by atoms with E-state index in [1.54, 1.807) is 6.92 Å². The van der Waals surface area contributed by atoms with Crippen molar-refractivity contribution >= 4 is 5.69 Å². The van der Waals surface area contributed by atoms with Gasteiger partial charge in [0.15, 0.2) is 5.75 Å². The third-order valence-electron chi connectivity index (χ3n) is 2.25. The van der Waals surface area contributed by atoms with Crippen molar-refractivity contribution in [3.63, 3.8) is 0 Å². The van der Waals surface area contributed by atoms with Crippen molar-refractivity contribution in [3.05, 3.63) is 27.8 Å². The van der Waals surface area contributed by atoms with E-state index in [9.17, 15) is 15.2 Å². The Balaban J connectivity index is 3.40. The van der Waals surface area contributed by atoms with Gasteiger partial charge in [0.1, 0.15) is 0 Å². The number of ether oxygens (including phenoxy) is 2. The van der Waals surface area contributed by atoms with Crippen molar-refractivity contribution in [2.75, 3.05) is 13.7 Å². The Kier molecular flexibility index (Phi) is 4.28. The summed E-state index contributed by atoms with van der Waals surface area (Å²) in [5.74, 6) is 0.335. The van der Waals surface area contributed by atoms with Crippen LogP contribution in [-0.2, 0) is 0 Å². The van der Waals surface area contributed by atoms with Crippen LogP contribution in [0.15, 0.2) is 12.1 Å². The fraction of sp³-hybridized carbons (Fsp3) is 0.455. The second-order valence-corrected chi connectivity index (χ2v) is 3.44. The van der Waals surface area contributed by atoms with E-state index in [2.05, 4.69) is 0 Å². The Morgan fingerprint density at radius 1 is 1.53 bits per heavy atom. The molecule has 1 atom stereocenters. The molecule has 0 heterocycles. The highest BCUT2D eigenvalue weighted by Crippen LogP contribution is 2.39. The molecule has 1 unspecified atom stereocenters. The summed E-state index contributed by atoms with van der Waals surface area (Å²) in [6, 6.07) is 2.82. The molecule has 0 aliphatic rings. The van der Waals surface area contributed by atoms with Crippen molar-refractivity contribution in [3.8, 4) is 11.5 Å². The minimum Gasteiger partial charge on any atom is -0.493 e. The predicted molar refractivity (Wildman–Crippen MR) is 61.5 cm³/mol. The molecule has 0 bridgehead atoms. The first-order valence-electron chi connectivity index (χ1n) is 5.18. The van der Waals surface area contributed by atoms with Crippen LogP contribution in [0, 0.1) is 10.1 Å². The molecule has 0 radical (unpaired) electrons. The van der Waals surface area contributed by atoms with Crippen LogP contribution in [-0.4, -0.2) is 23.7 Å². The number of methoxy groups -OCH3 is 1. The smallest absolute Gasteiger partial charge is 0.315 e. The summed E-state index contributed by atoms with van der Waals surface area (Å²) in [6.07, 6.45) is -0.807. The minimum absolute atomic E-state index is 0.0874. The molecule has 17 heavy (non-hydrogen) atoms. The molecular weight excluding hydrogens is 226 g/mol. The van der Waals surface area contributed by atoms with Crippen LogP contribution < -0.4 is 9.47 Å². The minimum atomic E-state index is -0.807. The van der Waals surface area contributed by atoms with E-state index < -0.39 is 11.0 Å². The Morgan fingerprint density at radius 3 is 2.59 bits per heavy atom. The number of aliphatic hydroxyl groups excluding tert-OH is 1. The van der Waals surface area contributed by atoms with Crippen molar-refractivity contribution in [1.29, 1.82) is 0 Å². The molecule has 1 N–H and O–H groups in total. The molecule has 0 saturated carbocycles. The maximum atomic E-state index is 10.9. The van der Waals surface area contributed by atoms with Crippen molar-refractivity contribution < 1.29 is 19.5 Å². The Bertz CT molecular complexity index is 417. The highest BCUT2D eigenvalue weighted by molar-refractivity contribution is 5.58. The lowest BCUT2D eigenvalue weighted by Gasteiger charge is -2.12. The molecule has 0 aromatic heterocycles. The fourth-order valence-electron chi connectivity index (χ4n) is 1.43. The summed E-state index contributed by atoms with van der Waals surface area (Å²) in [4.78, 5) is 10.4. The molecule has 1 rings (SSSR count). The molecule has 0 fully saturated rings. The van der Waals surface area contributed by atoms with Gasteiger partial charge in [-0.25, -0.2) is 0 Å². The van der Waals surface area contributed by atoms with Crippen molar-refractivity contribution in [1.82, 2.24) is 0 Å². The highest BCUT2D eigenvalue weighted by atomic mass is 16.6. The first-order valence-corrected chi connectivity index (χ1v) is 5.18. The zero-order chi connectivity index (χ0) is 13.0. The maximum Gasteiger partial charge on any atom is 0.315 e. The number of nitro benzene ring substituents is 1. The fourth-order valence-corrected chi connectivity index (χ4v) is 1.43. The molecule has 0 aliphatic heterocycles. The highest BCUT2D eigenvalue weighted by Gasteiger charge is 2.23. The maximum absolute atomic E-state index is 10.9. The first kappa shape index (κ1) is 13.2. The lowest BCUT2D eigenvalue weighted by atomic mass is 10.1. The predicted octanol–water partition coefficient (Wildman–Crippen LogP) is 2.06. The largest absolute Gasteiger partial charge is 0.493 e. The monoisotopic (exact) mass is 241 g/mol. The Hall–Kier alpha value is -1.82. The SMILES string of the molecule is CCOc1c(OC)cc(C(C)O)cc1[N+](=O)[O-]. The van der Waals surface area contributed by atoms with Crippen LogP contribution in [0.2, 0.25) is 0 Å². The number of hydrogen-bond donors (Lipinski definition) is 1. The van der Waals surface area contributed by atoms with E-state index in [4.69, 9.17) is 9.47 Å². The lowest BCUT2D eigenvalue weighted by molar-refractivity contribution is -0.386. The normalized spacial score (nSPS) is 12.0. The van der Waals surface area contributed by atoms with E-state index in [1.807, 2.05) is 0 Å². The molecule has 1 aromatic carbocycles. The molecule has 0 saturated heterocycles. The Morgan fingerprint density at radius 2 is 2.18 bits per heavy atom. The average molecular weight is 241 g/mol. The number of nitro groups is 1. The molecule has 6 nitrogen and oxygen atoms in total. The number of benzene rings is 1. The van der Waals surface area contributed by atoms with Gasteiger partial charge in [0.05, 0.1) is 24.7 Å². The lowest BCUT2D eigenvalue weighted by Crippen LogP contribution is -2.02. The van der Waals surface area contributed by atoms with Gasteiger partial charge >= 0.3 is 5.69 Å². The van der Waals surface area contributed by atoms with Crippen LogP contribution in [0.3, 0.4) is 0 Å². The number of hydrogen-bond acceptors (Lipinski definition) is 5. The summed E-state index contributed by atoms with van der Waals surface area (Å²) >= 11 is 0.